The van der Waals surface area contributed by atoms with Gasteiger partial charge in [0.25, 0.3) is 5.91 Å². The third-order valence-corrected chi connectivity index (χ3v) is 3.92. The number of rotatable bonds is 3. The molecule has 2 aromatic rings. The van der Waals surface area contributed by atoms with Crippen molar-refractivity contribution >= 4 is 39.7 Å². The van der Waals surface area contributed by atoms with E-state index in [9.17, 15) is 4.79 Å². The Bertz CT molecular complexity index is 764. The summed E-state index contributed by atoms with van der Waals surface area (Å²) in [4.78, 5) is 12.0. The molecule has 1 aliphatic rings. The zero-order valence-corrected chi connectivity index (χ0v) is 13.5. The van der Waals surface area contributed by atoms with Crippen molar-refractivity contribution in [2.24, 2.45) is 5.10 Å². The molecule has 0 spiro atoms. The minimum atomic E-state index is -0.310. The van der Waals surface area contributed by atoms with Crippen LogP contribution in [-0.4, -0.2) is 18.9 Å². The van der Waals surface area contributed by atoms with Gasteiger partial charge in [0.05, 0.1) is 16.8 Å². The number of ether oxygens (including phenoxy) is 2. The Kier molecular flexibility index (Phi) is 4.31. The second-order valence-electron chi connectivity index (χ2n) is 4.42. The van der Waals surface area contributed by atoms with E-state index in [1.54, 1.807) is 30.3 Å². The van der Waals surface area contributed by atoms with E-state index in [0.717, 1.165) is 0 Å². The van der Waals surface area contributed by atoms with E-state index in [1.165, 1.54) is 6.21 Å². The molecule has 1 aliphatic heterocycles. The van der Waals surface area contributed by atoms with Crippen molar-refractivity contribution < 1.29 is 14.3 Å². The van der Waals surface area contributed by atoms with Crippen molar-refractivity contribution in [2.45, 2.75) is 0 Å². The van der Waals surface area contributed by atoms with Gasteiger partial charge in [-0.05, 0) is 45.8 Å². The van der Waals surface area contributed by atoms with Gasteiger partial charge >= 0.3 is 0 Å². The second-order valence-corrected chi connectivity index (χ2v) is 5.68. The molecule has 1 heterocycles. The fourth-order valence-corrected chi connectivity index (χ4v) is 2.67. The van der Waals surface area contributed by atoms with Crippen molar-refractivity contribution in [2.75, 3.05) is 6.79 Å². The average Bonchev–Trinajstić information content (AvgIpc) is 2.96. The monoisotopic (exact) mass is 380 g/mol. The summed E-state index contributed by atoms with van der Waals surface area (Å²) in [5.41, 5.74) is 3.66. The summed E-state index contributed by atoms with van der Waals surface area (Å²) in [5.74, 6) is 0.776. The Morgan fingerprint density at radius 1 is 1.32 bits per heavy atom. The highest BCUT2D eigenvalue weighted by Crippen LogP contribution is 2.39. The molecular weight excluding hydrogens is 372 g/mol. The van der Waals surface area contributed by atoms with Crippen LogP contribution in [0.25, 0.3) is 0 Å². The maximum absolute atomic E-state index is 12.0. The molecule has 0 saturated carbocycles. The number of nitrogens with zero attached hydrogens (tertiary/aromatic N) is 1. The average molecular weight is 382 g/mol. The number of carbonyl (C=O) groups is 1. The number of benzene rings is 2. The molecule has 2 aromatic carbocycles. The van der Waals surface area contributed by atoms with Crippen molar-refractivity contribution in [1.29, 1.82) is 0 Å². The molecule has 0 bridgehead atoms. The highest BCUT2D eigenvalue weighted by Gasteiger charge is 2.17. The van der Waals surface area contributed by atoms with Crippen LogP contribution in [0.4, 0.5) is 0 Å². The fourth-order valence-electron chi connectivity index (χ4n) is 1.93. The molecule has 7 heteroatoms. The molecule has 0 fully saturated rings. The van der Waals surface area contributed by atoms with Gasteiger partial charge in [-0.1, -0.05) is 23.7 Å². The van der Waals surface area contributed by atoms with Crippen LogP contribution < -0.4 is 14.9 Å². The van der Waals surface area contributed by atoms with Crippen LogP contribution in [0.2, 0.25) is 5.02 Å². The normalized spacial score (nSPS) is 12.6. The molecule has 1 amide bonds. The number of carbonyl (C=O) groups excluding carboxylic acids is 1. The van der Waals surface area contributed by atoms with Gasteiger partial charge < -0.3 is 9.47 Å². The predicted molar refractivity (Wildman–Crippen MR) is 86.8 cm³/mol. The number of fused-ring (bicyclic) bond motifs is 1. The van der Waals surface area contributed by atoms with Crippen molar-refractivity contribution in [1.82, 2.24) is 5.43 Å². The standard InChI is InChI=1S/C15H10BrClN2O3/c16-11-4-2-1-3-10(11)15(20)19-18-7-9-5-12(17)14-13(6-9)21-8-22-14/h1-7H,8H2,(H,19,20)/b18-7-. The first kappa shape index (κ1) is 14.9. The van der Waals surface area contributed by atoms with Crippen LogP contribution >= 0.6 is 27.5 Å². The Balaban J connectivity index is 1.72. The first-order valence-corrected chi connectivity index (χ1v) is 7.49. The van der Waals surface area contributed by atoms with Gasteiger partial charge in [0.2, 0.25) is 6.79 Å². The summed E-state index contributed by atoms with van der Waals surface area (Å²) in [7, 11) is 0. The lowest BCUT2D eigenvalue weighted by Gasteiger charge is -2.03. The lowest BCUT2D eigenvalue weighted by Crippen LogP contribution is -2.18. The molecule has 112 valence electrons. The number of amides is 1. The highest BCUT2D eigenvalue weighted by atomic mass is 79.9. The number of hydrazone groups is 1. The molecule has 1 N–H and O–H groups in total. The summed E-state index contributed by atoms with van der Waals surface area (Å²) < 4.78 is 11.2. The van der Waals surface area contributed by atoms with Crippen LogP contribution in [0.15, 0.2) is 46.0 Å². The summed E-state index contributed by atoms with van der Waals surface area (Å²) in [6.07, 6.45) is 1.49. The van der Waals surface area contributed by atoms with E-state index in [4.69, 9.17) is 21.1 Å². The summed E-state index contributed by atoms with van der Waals surface area (Å²) in [6.45, 7) is 0.147. The van der Waals surface area contributed by atoms with Crippen molar-refractivity contribution in [3.05, 3.63) is 57.0 Å². The van der Waals surface area contributed by atoms with Gasteiger partial charge in [0.1, 0.15) is 0 Å². The summed E-state index contributed by atoms with van der Waals surface area (Å²) in [6, 6.07) is 10.5. The summed E-state index contributed by atoms with van der Waals surface area (Å²) in [5, 5.41) is 4.36. The van der Waals surface area contributed by atoms with Crippen LogP contribution in [0.1, 0.15) is 15.9 Å². The van der Waals surface area contributed by atoms with Crippen LogP contribution in [0.3, 0.4) is 0 Å². The SMILES string of the molecule is O=C(N/N=C\c1cc(Cl)c2c(c1)OCO2)c1ccccc1Br. The molecule has 0 saturated heterocycles. The molecule has 3 rings (SSSR count). The lowest BCUT2D eigenvalue weighted by molar-refractivity contribution is 0.0954. The largest absolute Gasteiger partial charge is 0.454 e. The first-order valence-electron chi connectivity index (χ1n) is 6.32. The maximum Gasteiger partial charge on any atom is 0.272 e. The highest BCUT2D eigenvalue weighted by molar-refractivity contribution is 9.10. The van der Waals surface area contributed by atoms with E-state index < -0.39 is 0 Å². The maximum atomic E-state index is 12.0. The van der Waals surface area contributed by atoms with Crippen LogP contribution in [0, 0.1) is 0 Å². The van der Waals surface area contributed by atoms with Gasteiger partial charge in [0, 0.05) is 4.47 Å². The molecule has 22 heavy (non-hydrogen) atoms. The smallest absolute Gasteiger partial charge is 0.272 e. The Morgan fingerprint density at radius 2 is 2.14 bits per heavy atom. The predicted octanol–water partition coefficient (Wildman–Crippen LogP) is 3.60. The quantitative estimate of drug-likeness (QED) is 0.653. The Labute approximate surface area is 140 Å². The van der Waals surface area contributed by atoms with Gasteiger partial charge in [-0.3, -0.25) is 4.79 Å². The molecule has 0 aliphatic carbocycles. The topological polar surface area (TPSA) is 59.9 Å². The van der Waals surface area contributed by atoms with E-state index in [-0.39, 0.29) is 12.7 Å². The second kappa shape index (κ2) is 6.37. The molecule has 0 radical (unpaired) electrons. The fraction of sp³-hybridized carbons (Fsp3) is 0.0667. The number of nitrogens with one attached hydrogen (secondary N) is 1. The number of hydrogen-bond donors (Lipinski definition) is 1. The van der Waals surface area contributed by atoms with Gasteiger partial charge in [-0.2, -0.15) is 5.10 Å². The first-order chi connectivity index (χ1) is 10.6. The van der Waals surface area contributed by atoms with Gasteiger partial charge in [-0.15, -0.1) is 0 Å². The van der Waals surface area contributed by atoms with Gasteiger partial charge in [-0.25, -0.2) is 5.43 Å². The minimum absolute atomic E-state index is 0.147. The van der Waals surface area contributed by atoms with Crippen molar-refractivity contribution in [3.8, 4) is 11.5 Å². The zero-order valence-electron chi connectivity index (χ0n) is 11.2. The molecule has 0 aromatic heterocycles. The van der Waals surface area contributed by atoms with E-state index in [2.05, 4.69) is 26.5 Å². The van der Waals surface area contributed by atoms with E-state index in [1.807, 2.05) is 6.07 Å². The number of halogens is 2. The van der Waals surface area contributed by atoms with Gasteiger partial charge in [0.15, 0.2) is 11.5 Å². The summed E-state index contributed by atoms with van der Waals surface area (Å²) >= 11 is 9.39. The van der Waals surface area contributed by atoms with E-state index >= 15 is 0 Å². The zero-order chi connectivity index (χ0) is 15.5. The molecular formula is C15H10BrClN2O3. The minimum Gasteiger partial charge on any atom is -0.454 e. The Hall–Kier alpha value is -2.05. The third-order valence-electron chi connectivity index (χ3n) is 2.95. The van der Waals surface area contributed by atoms with Crippen LogP contribution in [0.5, 0.6) is 11.5 Å². The molecule has 5 nitrogen and oxygen atoms in total. The molecule has 0 unspecified atom stereocenters. The number of hydrogen-bond acceptors (Lipinski definition) is 4. The van der Waals surface area contributed by atoms with Crippen molar-refractivity contribution in [3.63, 3.8) is 0 Å². The van der Waals surface area contributed by atoms with Crippen LogP contribution in [-0.2, 0) is 0 Å². The van der Waals surface area contributed by atoms with E-state index in [0.29, 0.717) is 32.1 Å². The Morgan fingerprint density at radius 3 is 2.95 bits per heavy atom. The third kappa shape index (κ3) is 3.08. The lowest BCUT2D eigenvalue weighted by atomic mass is 10.2. The molecule has 0 atom stereocenters.